The van der Waals surface area contributed by atoms with Crippen molar-refractivity contribution in [1.82, 2.24) is 4.98 Å². The Hall–Kier alpha value is -3.26. The van der Waals surface area contributed by atoms with E-state index in [1.54, 1.807) is 0 Å². The molecule has 0 radical (unpaired) electrons. The van der Waals surface area contributed by atoms with Crippen LogP contribution in [0.4, 0.5) is 10.8 Å². The Morgan fingerprint density at radius 2 is 2.04 bits per heavy atom. The van der Waals surface area contributed by atoms with Gasteiger partial charge in [0, 0.05) is 22.6 Å². The second kappa shape index (κ2) is 7.32. The highest BCUT2D eigenvalue weighted by molar-refractivity contribution is 7.14. The number of aryl methyl sites for hydroxylation is 2. The van der Waals surface area contributed by atoms with Crippen molar-refractivity contribution >= 4 is 28.4 Å². The number of nitro benzene ring substituents is 1. The van der Waals surface area contributed by atoms with Gasteiger partial charge in [-0.2, -0.15) is 5.10 Å². The smallest absolute Gasteiger partial charge is 0.311 e. The van der Waals surface area contributed by atoms with Crippen LogP contribution in [0.1, 0.15) is 16.7 Å². The lowest BCUT2D eigenvalue weighted by Crippen LogP contribution is -1.93. The molecule has 0 aliphatic carbocycles. The number of aromatic hydroxyl groups is 1. The summed E-state index contributed by atoms with van der Waals surface area (Å²) in [4.78, 5) is 14.7. The van der Waals surface area contributed by atoms with Crippen molar-refractivity contribution in [2.75, 3.05) is 5.43 Å². The molecule has 8 heteroatoms. The van der Waals surface area contributed by atoms with Crippen LogP contribution in [0, 0.1) is 24.0 Å². The molecule has 3 rings (SSSR count). The number of phenols is 1. The van der Waals surface area contributed by atoms with Crippen LogP contribution in [0.2, 0.25) is 0 Å². The average molecular weight is 368 g/mol. The van der Waals surface area contributed by atoms with E-state index in [0.717, 1.165) is 11.3 Å². The number of benzene rings is 2. The van der Waals surface area contributed by atoms with E-state index in [0.29, 0.717) is 10.7 Å². The van der Waals surface area contributed by atoms with Crippen molar-refractivity contribution in [3.05, 3.63) is 68.6 Å². The Morgan fingerprint density at radius 1 is 1.23 bits per heavy atom. The number of phenolic OH excluding ortho intramolecular Hbond substituents is 1. The van der Waals surface area contributed by atoms with Gasteiger partial charge in [-0.05, 0) is 43.2 Å². The highest BCUT2D eigenvalue weighted by Crippen LogP contribution is 2.27. The number of hydrazone groups is 1. The second-order valence-electron chi connectivity index (χ2n) is 5.71. The topological polar surface area (TPSA) is 101 Å². The fourth-order valence-corrected chi connectivity index (χ4v) is 2.96. The third-order valence-corrected chi connectivity index (χ3v) is 4.62. The highest BCUT2D eigenvalue weighted by Gasteiger charge is 2.12. The molecular formula is C18H16N4O3S. The number of aromatic nitrogens is 1. The van der Waals surface area contributed by atoms with Gasteiger partial charge >= 0.3 is 5.69 Å². The number of nitrogens with one attached hydrogen (secondary N) is 1. The molecule has 1 aromatic heterocycles. The molecular weight excluding hydrogens is 352 g/mol. The summed E-state index contributed by atoms with van der Waals surface area (Å²) in [5.74, 6) is -0.377. The molecule has 0 aliphatic rings. The van der Waals surface area contributed by atoms with E-state index in [4.69, 9.17) is 0 Å². The van der Waals surface area contributed by atoms with Crippen LogP contribution in [-0.4, -0.2) is 21.2 Å². The van der Waals surface area contributed by atoms with Crippen LogP contribution >= 0.6 is 11.3 Å². The predicted octanol–water partition coefficient (Wildman–Crippen LogP) is 4.49. The first kappa shape index (κ1) is 17.6. The van der Waals surface area contributed by atoms with Crippen molar-refractivity contribution < 1.29 is 10.0 Å². The summed E-state index contributed by atoms with van der Waals surface area (Å²) in [5.41, 5.74) is 7.28. The summed E-state index contributed by atoms with van der Waals surface area (Å²) < 4.78 is 0. The lowest BCUT2D eigenvalue weighted by molar-refractivity contribution is -0.385. The zero-order valence-corrected chi connectivity index (χ0v) is 14.9. The molecule has 0 bridgehead atoms. The molecule has 2 N–H and O–H groups in total. The van der Waals surface area contributed by atoms with Crippen molar-refractivity contribution in [1.29, 1.82) is 0 Å². The van der Waals surface area contributed by atoms with Gasteiger partial charge in [0.15, 0.2) is 5.75 Å². The molecule has 1 heterocycles. The Labute approximate surface area is 153 Å². The lowest BCUT2D eigenvalue weighted by Gasteiger charge is -2.02. The van der Waals surface area contributed by atoms with Gasteiger partial charge in [-0.25, -0.2) is 4.98 Å². The van der Waals surface area contributed by atoms with Gasteiger partial charge < -0.3 is 5.11 Å². The molecule has 0 amide bonds. The molecule has 0 saturated heterocycles. The maximum Gasteiger partial charge on any atom is 0.311 e. The van der Waals surface area contributed by atoms with E-state index < -0.39 is 4.92 Å². The molecule has 0 saturated carbocycles. The van der Waals surface area contributed by atoms with Crippen molar-refractivity contribution in [3.8, 4) is 17.0 Å². The third-order valence-electron chi connectivity index (χ3n) is 3.88. The van der Waals surface area contributed by atoms with Gasteiger partial charge in [0.25, 0.3) is 0 Å². The zero-order chi connectivity index (χ0) is 18.7. The summed E-state index contributed by atoms with van der Waals surface area (Å²) in [7, 11) is 0. The molecule has 26 heavy (non-hydrogen) atoms. The third kappa shape index (κ3) is 3.86. The second-order valence-corrected chi connectivity index (χ2v) is 6.57. The van der Waals surface area contributed by atoms with E-state index in [1.165, 1.54) is 46.9 Å². The molecule has 0 spiro atoms. The first-order chi connectivity index (χ1) is 12.4. The fourth-order valence-electron chi connectivity index (χ4n) is 2.29. The average Bonchev–Trinajstić information content (AvgIpc) is 3.07. The number of nitro groups is 1. The number of rotatable bonds is 5. The van der Waals surface area contributed by atoms with E-state index in [-0.39, 0.29) is 11.4 Å². The Morgan fingerprint density at radius 3 is 2.77 bits per heavy atom. The van der Waals surface area contributed by atoms with Crippen molar-refractivity contribution in [3.63, 3.8) is 0 Å². The molecule has 0 aliphatic heterocycles. The maximum atomic E-state index is 10.8. The SMILES string of the molecule is Cc1ccc(-c2csc(N/N=C\c3ccc(O)c([N+](=O)[O-])c3)n2)cc1C. The van der Waals surface area contributed by atoms with E-state index >= 15 is 0 Å². The van der Waals surface area contributed by atoms with E-state index in [9.17, 15) is 15.2 Å². The minimum Gasteiger partial charge on any atom is -0.502 e. The largest absolute Gasteiger partial charge is 0.502 e. The normalized spacial score (nSPS) is 11.0. The number of hydrogen-bond acceptors (Lipinski definition) is 7. The molecule has 132 valence electrons. The van der Waals surface area contributed by atoms with Crippen LogP contribution in [0.25, 0.3) is 11.3 Å². The Bertz CT molecular complexity index is 998. The van der Waals surface area contributed by atoms with Gasteiger partial charge in [-0.1, -0.05) is 12.1 Å². The molecule has 0 atom stereocenters. The van der Waals surface area contributed by atoms with Gasteiger partial charge in [0.2, 0.25) is 5.13 Å². The minimum absolute atomic E-state index is 0.361. The standard InChI is InChI=1S/C18H16N4O3S/c1-11-3-5-14(7-12(11)2)15-10-26-18(20-15)21-19-9-13-4-6-17(23)16(8-13)22(24)25/h3-10,23H,1-2H3,(H,20,21)/b19-9-. The van der Waals surface area contributed by atoms with Crippen LogP contribution in [0.3, 0.4) is 0 Å². The number of nitrogens with zero attached hydrogens (tertiary/aromatic N) is 3. The quantitative estimate of drug-likeness (QED) is 0.393. The Kier molecular flexibility index (Phi) is 4.94. The first-order valence-electron chi connectivity index (χ1n) is 7.73. The van der Waals surface area contributed by atoms with Crippen molar-refractivity contribution in [2.45, 2.75) is 13.8 Å². The first-order valence-corrected chi connectivity index (χ1v) is 8.61. The number of hydrogen-bond donors (Lipinski definition) is 2. The molecule has 0 unspecified atom stereocenters. The van der Waals surface area contributed by atoms with E-state index in [1.807, 2.05) is 11.4 Å². The van der Waals surface area contributed by atoms with Crippen LogP contribution < -0.4 is 5.43 Å². The van der Waals surface area contributed by atoms with Crippen LogP contribution in [0.15, 0.2) is 46.9 Å². The predicted molar refractivity (Wildman–Crippen MR) is 103 cm³/mol. The molecule has 2 aromatic carbocycles. The van der Waals surface area contributed by atoms with Crippen LogP contribution in [0.5, 0.6) is 5.75 Å². The van der Waals surface area contributed by atoms with Gasteiger partial charge in [0.1, 0.15) is 0 Å². The van der Waals surface area contributed by atoms with E-state index in [2.05, 4.69) is 41.5 Å². The summed E-state index contributed by atoms with van der Waals surface area (Å²) in [6.07, 6.45) is 1.43. The monoisotopic (exact) mass is 368 g/mol. The maximum absolute atomic E-state index is 10.8. The molecule has 0 fully saturated rings. The summed E-state index contributed by atoms with van der Waals surface area (Å²) in [5, 5.41) is 26.9. The molecule has 7 nitrogen and oxygen atoms in total. The summed E-state index contributed by atoms with van der Waals surface area (Å²) >= 11 is 1.42. The number of thiazole rings is 1. The van der Waals surface area contributed by atoms with Gasteiger partial charge in [-0.3, -0.25) is 15.5 Å². The molecule has 3 aromatic rings. The van der Waals surface area contributed by atoms with Crippen molar-refractivity contribution in [2.24, 2.45) is 5.10 Å². The minimum atomic E-state index is -0.642. The highest BCUT2D eigenvalue weighted by atomic mass is 32.1. The Balaban J connectivity index is 1.72. The summed E-state index contributed by atoms with van der Waals surface area (Å²) in [6, 6.07) is 10.2. The summed E-state index contributed by atoms with van der Waals surface area (Å²) in [6.45, 7) is 4.13. The van der Waals surface area contributed by atoms with Crippen LogP contribution in [-0.2, 0) is 0 Å². The number of anilines is 1. The lowest BCUT2D eigenvalue weighted by atomic mass is 10.1. The van der Waals surface area contributed by atoms with Gasteiger partial charge in [0.05, 0.1) is 16.8 Å². The fraction of sp³-hybridized carbons (Fsp3) is 0.111. The zero-order valence-electron chi connectivity index (χ0n) is 14.1. The van der Waals surface area contributed by atoms with Gasteiger partial charge in [-0.15, -0.1) is 11.3 Å².